The number of carbonyl (C=O) groups excluding carboxylic acids is 2. The summed E-state index contributed by atoms with van der Waals surface area (Å²) >= 11 is 22.9. The number of fused-ring (bicyclic) bond motifs is 1. The Morgan fingerprint density at radius 2 is 1.06 bits per heavy atom. The summed E-state index contributed by atoms with van der Waals surface area (Å²) in [6.45, 7) is 0. The van der Waals surface area contributed by atoms with Crippen LogP contribution in [0.1, 0.15) is 20.7 Å². The van der Waals surface area contributed by atoms with E-state index >= 15 is 0 Å². The molecule has 0 atom stereocenters. The molecular weight excluding hydrogens is 300 g/mol. The van der Waals surface area contributed by atoms with Crippen molar-refractivity contribution in [1.29, 1.82) is 0 Å². The highest BCUT2D eigenvalue weighted by atomic mass is 35.5. The minimum atomic E-state index is -0.981. The van der Waals surface area contributed by atoms with E-state index in [9.17, 15) is 9.59 Å². The second-order valence-corrected chi connectivity index (χ2v) is 4.44. The molecule has 8 heteroatoms. The summed E-state index contributed by atoms with van der Waals surface area (Å²) < 4.78 is 0. The molecule has 1 heterocycles. The van der Waals surface area contributed by atoms with E-state index in [2.05, 4.69) is 0 Å². The van der Waals surface area contributed by atoms with Gasteiger partial charge in [-0.05, 0) is 0 Å². The van der Waals surface area contributed by atoms with Crippen LogP contribution in [-0.4, -0.2) is 22.1 Å². The summed E-state index contributed by atoms with van der Waals surface area (Å²) in [5.41, 5.74) is -0.484. The first-order chi connectivity index (χ1) is 7.37. The third-order valence-corrected chi connectivity index (χ3v) is 3.88. The summed E-state index contributed by atoms with van der Waals surface area (Å²) in [6.07, 6.45) is 0. The first-order valence-electron chi connectivity index (χ1n) is 3.81. The van der Waals surface area contributed by atoms with E-state index < -0.39 is 11.8 Å². The van der Waals surface area contributed by atoms with Crippen molar-refractivity contribution < 1.29 is 14.8 Å². The molecule has 2 amide bonds. The lowest BCUT2D eigenvalue weighted by molar-refractivity contribution is -0.0327. The fourth-order valence-electron chi connectivity index (χ4n) is 1.34. The van der Waals surface area contributed by atoms with Gasteiger partial charge in [-0.3, -0.25) is 14.8 Å². The van der Waals surface area contributed by atoms with Gasteiger partial charge >= 0.3 is 0 Å². The average Bonchev–Trinajstić information content (AvgIpc) is 2.48. The van der Waals surface area contributed by atoms with E-state index in [0.29, 0.717) is 0 Å². The number of rotatable bonds is 0. The van der Waals surface area contributed by atoms with Gasteiger partial charge in [0.25, 0.3) is 11.8 Å². The van der Waals surface area contributed by atoms with Gasteiger partial charge in [0.15, 0.2) is 0 Å². The Balaban J connectivity index is 2.91. The molecule has 0 radical (unpaired) electrons. The van der Waals surface area contributed by atoms with Crippen molar-refractivity contribution in [3.05, 3.63) is 31.2 Å². The summed E-state index contributed by atoms with van der Waals surface area (Å²) in [5.74, 6) is -1.96. The van der Waals surface area contributed by atoms with Gasteiger partial charge in [-0.1, -0.05) is 46.4 Å². The molecule has 0 saturated carbocycles. The third kappa shape index (κ3) is 1.35. The third-order valence-electron chi connectivity index (χ3n) is 2.08. The molecule has 1 aromatic rings. The fourth-order valence-corrected chi connectivity index (χ4v) is 2.35. The molecule has 0 saturated heterocycles. The molecule has 0 fully saturated rings. The Morgan fingerprint density at radius 1 is 0.750 bits per heavy atom. The van der Waals surface area contributed by atoms with E-state index in [0.717, 1.165) is 0 Å². The van der Waals surface area contributed by atoms with Crippen LogP contribution < -0.4 is 0 Å². The highest BCUT2D eigenvalue weighted by Gasteiger charge is 2.41. The van der Waals surface area contributed by atoms with Crippen LogP contribution in [0.15, 0.2) is 0 Å². The SMILES string of the molecule is O=C1c2c(Cl)c(Cl)c(Cl)c(Cl)c2C(=O)N1O. The highest BCUT2D eigenvalue weighted by molar-refractivity contribution is 6.55. The monoisotopic (exact) mass is 299 g/mol. The zero-order valence-corrected chi connectivity index (χ0v) is 10.2. The first-order valence-corrected chi connectivity index (χ1v) is 5.32. The predicted octanol–water partition coefficient (Wildman–Crippen LogP) is 3.29. The number of hydroxylamine groups is 2. The molecule has 0 aromatic heterocycles. The van der Waals surface area contributed by atoms with Gasteiger partial charge in [-0.15, -0.1) is 5.06 Å². The molecule has 0 aliphatic carbocycles. The number of hydrogen-bond acceptors (Lipinski definition) is 3. The second kappa shape index (κ2) is 3.75. The molecule has 1 aromatic carbocycles. The normalized spacial score (nSPS) is 14.7. The highest BCUT2D eigenvalue weighted by Crippen LogP contribution is 2.44. The van der Waals surface area contributed by atoms with Crippen molar-refractivity contribution in [3.8, 4) is 0 Å². The molecule has 0 spiro atoms. The number of imide groups is 1. The van der Waals surface area contributed by atoms with Crippen molar-refractivity contribution in [2.75, 3.05) is 0 Å². The zero-order valence-electron chi connectivity index (χ0n) is 7.22. The van der Waals surface area contributed by atoms with E-state index in [1.165, 1.54) is 0 Å². The average molecular weight is 301 g/mol. The lowest BCUT2D eigenvalue weighted by Crippen LogP contribution is -2.25. The van der Waals surface area contributed by atoms with Crippen molar-refractivity contribution in [1.82, 2.24) is 5.06 Å². The number of halogens is 4. The van der Waals surface area contributed by atoms with Gasteiger partial charge in [0.2, 0.25) is 0 Å². The van der Waals surface area contributed by atoms with E-state index in [1.807, 2.05) is 0 Å². The Labute approximate surface area is 109 Å². The van der Waals surface area contributed by atoms with Crippen molar-refractivity contribution in [2.24, 2.45) is 0 Å². The van der Waals surface area contributed by atoms with Crippen LogP contribution in [0.3, 0.4) is 0 Å². The summed E-state index contributed by atoms with van der Waals surface area (Å²) in [5, 5.41) is 8.37. The molecule has 2 rings (SSSR count). The molecular formula is C8HCl4NO3. The maximum atomic E-state index is 11.5. The maximum absolute atomic E-state index is 11.5. The quantitative estimate of drug-likeness (QED) is 0.346. The Morgan fingerprint density at radius 3 is 1.38 bits per heavy atom. The molecule has 1 aliphatic rings. The number of carbonyl (C=O) groups is 2. The molecule has 4 nitrogen and oxygen atoms in total. The van der Waals surface area contributed by atoms with Crippen LogP contribution in [-0.2, 0) is 0 Å². The number of benzene rings is 1. The first kappa shape index (κ1) is 12.0. The van der Waals surface area contributed by atoms with E-state index in [-0.39, 0.29) is 36.3 Å². The van der Waals surface area contributed by atoms with Crippen LogP contribution in [0.25, 0.3) is 0 Å². The van der Waals surface area contributed by atoms with Gasteiger partial charge in [0, 0.05) is 0 Å². The van der Waals surface area contributed by atoms with Gasteiger partial charge in [0.1, 0.15) is 0 Å². The van der Waals surface area contributed by atoms with Crippen molar-refractivity contribution >= 4 is 58.2 Å². The van der Waals surface area contributed by atoms with E-state index in [4.69, 9.17) is 51.6 Å². The van der Waals surface area contributed by atoms with Gasteiger partial charge in [-0.2, -0.15) is 0 Å². The fraction of sp³-hybridized carbons (Fsp3) is 0. The summed E-state index contributed by atoms with van der Waals surface area (Å²) in [6, 6.07) is 0. The minimum Gasteiger partial charge on any atom is -0.278 e. The van der Waals surface area contributed by atoms with Gasteiger partial charge in [-0.25, -0.2) is 0 Å². The van der Waals surface area contributed by atoms with Gasteiger partial charge < -0.3 is 0 Å². The second-order valence-electron chi connectivity index (χ2n) is 2.93. The van der Waals surface area contributed by atoms with Crippen molar-refractivity contribution in [2.45, 2.75) is 0 Å². The number of nitrogens with zero attached hydrogens (tertiary/aromatic N) is 1. The minimum absolute atomic E-state index is 0.0882. The van der Waals surface area contributed by atoms with Gasteiger partial charge in [0.05, 0.1) is 31.2 Å². The van der Waals surface area contributed by atoms with Crippen LogP contribution in [0, 0.1) is 0 Å². The maximum Gasteiger partial charge on any atom is 0.287 e. The summed E-state index contributed by atoms with van der Waals surface area (Å²) in [4.78, 5) is 22.9. The van der Waals surface area contributed by atoms with Crippen LogP contribution in [0.5, 0.6) is 0 Å². The van der Waals surface area contributed by atoms with Crippen molar-refractivity contribution in [3.63, 3.8) is 0 Å². The Bertz CT molecular complexity index is 496. The molecule has 0 bridgehead atoms. The summed E-state index contributed by atoms with van der Waals surface area (Å²) in [7, 11) is 0. The lowest BCUT2D eigenvalue weighted by atomic mass is 10.1. The van der Waals surface area contributed by atoms with E-state index in [1.54, 1.807) is 0 Å². The molecule has 16 heavy (non-hydrogen) atoms. The molecule has 1 N–H and O–H groups in total. The smallest absolute Gasteiger partial charge is 0.278 e. The number of amides is 2. The molecule has 84 valence electrons. The largest absolute Gasteiger partial charge is 0.287 e. The Hall–Kier alpha value is -0.520. The number of hydrogen-bond donors (Lipinski definition) is 1. The zero-order chi connectivity index (χ0) is 12.2. The van der Waals surface area contributed by atoms with Crippen LogP contribution in [0.4, 0.5) is 0 Å². The van der Waals surface area contributed by atoms with Crippen LogP contribution in [0.2, 0.25) is 20.1 Å². The Kier molecular flexibility index (Phi) is 2.80. The standard InChI is InChI=1S/C8HCl4NO3/c9-3-1-2(4(10)6(12)5(3)11)8(15)13(16)7(1)14/h16H. The topological polar surface area (TPSA) is 57.6 Å². The molecule has 0 unspecified atom stereocenters. The predicted molar refractivity (Wildman–Crippen MR) is 58.8 cm³/mol. The van der Waals surface area contributed by atoms with Crippen LogP contribution >= 0.6 is 46.4 Å². The lowest BCUT2D eigenvalue weighted by Gasteiger charge is -2.05. The molecule has 1 aliphatic heterocycles.